The van der Waals surface area contributed by atoms with Crippen LogP contribution in [-0.4, -0.2) is 23.0 Å². The van der Waals surface area contributed by atoms with E-state index in [2.05, 4.69) is 43.8 Å². The van der Waals surface area contributed by atoms with Crippen molar-refractivity contribution < 1.29 is 0 Å². The molecule has 2 nitrogen and oxygen atoms in total. The van der Waals surface area contributed by atoms with Crippen LogP contribution in [0.4, 0.5) is 0 Å². The SMILES string of the molecule is CC(C)C(C)[C@H]1CC[C@@H](N(C)Cc2cccnc2)CC1. The number of hydrogen-bond acceptors (Lipinski definition) is 2. The fourth-order valence-corrected chi connectivity index (χ4v) is 3.52. The summed E-state index contributed by atoms with van der Waals surface area (Å²) in [6, 6.07) is 4.96. The summed E-state index contributed by atoms with van der Waals surface area (Å²) in [5.41, 5.74) is 1.33. The molecule has 1 unspecified atom stereocenters. The summed E-state index contributed by atoms with van der Waals surface area (Å²) >= 11 is 0. The van der Waals surface area contributed by atoms with Gasteiger partial charge < -0.3 is 0 Å². The Labute approximate surface area is 124 Å². The van der Waals surface area contributed by atoms with Gasteiger partial charge in [0, 0.05) is 25.0 Å². The summed E-state index contributed by atoms with van der Waals surface area (Å²) in [4.78, 5) is 6.73. The van der Waals surface area contributed by atoms with Gasteiger partial charge in [0.15, 0.2) is 0 Å². The molecule has 0 spiro atoms. The molecule has 1 atom stereocenters. The molecule has 2 heteroatoms. The van der Waals surface area contributed by atoms with Crippen LogP contribution in [0, 0.1) is 17.8 Å². The quantitative estimate of drug-likeness (QED) is 0.793. The van der Waals surface area contributed by atoms with Crippen LogP contribution in [0.5, 0.6) is 0 Å². The molecular weight excluding hydrogens is 244 g/mol. The highest BCUT2D eigenvalue weighted by molar-refractivity contribution is 5.08. The third-order valence-electron chi connectivity index (χ3n) is 5.31. The third kappa shape index (κ3) is 4.05. The first-order chi connectivity index (χ1) is 9.58. The van der Waals surface area contributed by atoms with Crippen LogP contribution in [0.15, 0.2) is 24.5 Å². The van der Waals surface area contributed by atoms with Gasteiger partial charge >= 0.3 is 0 Å². The minimum absolute atomic E-state index is 0.755. The van der Waals surface area contributed by atoms with Gasteiger partial charge in [-0.05, 0) is 62.1 Å². The average molecular weight is 274 g/mol. The number of pyridine rings is 1. The Morgan fingerprint density at radius 3 is 2.45 bits per heavy atom. The highest BCUT2D eigenvalue weighted by Crippen LogP contribution is 2.35. The van der Waals surface area contributed by atoms with E-state index in [4.69, 9.17) is 0 Å². The predicted octanol–water partition coefficient (Wildman–Crippen LogP) is 4.36. The molecule has 20 heavy (non-hydrogen) atoms. The highest BCUT2D eigenvalue weighted by Gasteiger charge is 2.28. The van der Waals surface area contributed by atoms with E-state index in [1.165, 1.54) is 31.2 Å². The Balaban J connectivity index is 1.81. The topological polar surface area (TPSA) is 16.1 Å². The van der Waals surface area contributed by atoms with Crippen molar-refractivity contribution in [2.75, 3.05) is 7.05 Å². The molecule has 0 amide bonds. The normalized spacial score (nSPS) is 25.1. The number of rotatable bonds is 5. The van der Waals surface area contributed by atoms with Gasteiger partial charge in [-0.15, -0.1) is 0 Å². The molecule has 112 valence electrons. The second kappa shape index (κ2) is 7.21. The van der Waals surface area contributed by atoms with Crippen LogP contribution < -0.4 is 0 Å². The first-order valence-electron chi connectivity index (χ1n) is 8.17. The largest absolute Gasteiger partial charge is 0.299 e. The smallest absolute Gasteiger partial charge is 0.0312 e. The Bertz CT molecular complexity index is 380. The van der Waals surface area contributed by atoms with Gasteiger partial charge in [-0.2, -0.15) is 0 Å². The van der Waals surface area contributed by atoms with Crippen molar-refractivity contribution in [3.63, 3.8) is 0 Å². The van der Waals surface area contributed by atoms with Crippen molar-refractivity contribution in [3.8, 4) is 0 Å². The molecule has 1 heterocycles. The minimum atomic E-state index is 0.755. The summed E-state index contributed by atoms with van der Waals surface area (Å²) in [5, 5.41) is 0. The predicted molar refractivity (Wildman–Crippen MR) is 85.5 cm³/mol. The first-order valence-corrected chi connectivity index (χ1v) is 8.17. The van der Waals surface area contributed by atoms with Crippen molar-refractivity contribution >= 4 is 0 Å². The lowest BCUT2D eigenvalue weighted by molar-refractivity contribution is 0.125. The number of nitrogens with zero attached hydrogens (tertiary/aromatic N) is 2. The van der Waals surface area contributed by atoms with E-state index in [9.17, 15) is 0 Å². The lowest BCUT2D eigenvalue weighted by Crippen LogP contribution is -2.36. The lowest BCUT2D eigenvalue weighted by Gasteiger charge is -2.38. The highest BCUT2D eigenvalue weighted by atomic mass is 15.1. The molecule has 1 aromatic heterocycles. The third-order valence-corrected chi connectivity index (χ3v) is 5.31. The zero-order chi connectivity index (χ0) is 14.5. The van der Waals surface area contributed by atoms with Gasteiger partial charge in [0.25, 0.3) is 0 Å². The number of hydrogen-bond donors (Lipinski definition) is 0. The van der Waals surface area contributed by atoms with Gasteiger partial charge in [-0.3, -0.25) is 9.88 Å². The molecule has 0 aliphatic heterocycles. The van der Waals surface area contributed by atoms with Crippen LogP contribution in [0.25, 0.3) is 0 Å². The first kappa shape index (κ1) is 15.5. The van der Waals surface area contributed by atoms with Crippen molar-refractivity contribution in [1.29, 1.82) is 0 Å². The summed E-state index contributed by atoms with van der Waals surface area (Å²) < 4.78 is 0. The maximum Gasteiger partial charge on any atom is 0.0312 e. The van der Waals surface area contributed by atoms with E-state index < -0.39 is 0 Å². The summed E-state index contributed by atoms with van der Waals surface area (Å²) in [6.07, 6.45) is 9.37. The van der Waals surface area contributed by atoms with Gasteiger partial charge in [0.1, 0.15) is 0 Å². The van der Waals surface area contributed by atoms with Crippen molar-refractivity contribution in [1.82, 2.24) is 9.88 Å². The van der Waals surface area contributed by atoms with Gasteiger partial charge in [-0.1, -0.05) is 26.8 Å². The molecule has 2 rings (SSSR count). The summed E-state index contributed by atoms with van der Waals surface area (Å²) in [7, 11) is 2.27. The molecule has 1 aliphatic rings. The van der Waals surface area contributed by atoms with Crippen LogP contribution >= 0.6 is 0 Å². The van der Waals surface area contributed by atoms with E-state index in [0.29, 0.717) is 0 Å². The van der Waals surface area contributed by atoms with Crippen LogP contribution in [0.3, 0.4) is 0 Å². The molecule has 0 bridgehead atoms. The van der Waals surface area contributed by atoms with Crippen molar-refractivity contribution in [2.45, 2.75) is 59.0 Å². The monoisotopic (exact) mass is 274 g/mol. The van der Waals surface area contributed by atoms with Gasteiger partial charge in [0.2, 0.25) is 0 Å². The van der Waals surface area contributed by atoms with E-state index in [-0.39, 0.29) is 0 Å². The van der Waals surface area contributed by atoms with Crippen molar-refractivity contribution in [2.24, 2.45) is 17.8 Å². The Kier molecular flexibility index (Phi) is 5.59. The van der Waals surface area contributed by atoms with Crippen LogP contribution in [0.1, 0.15) is 52.0 Å². The zero-order valence-electron chi connectivity index (χ0n) is 13.5. The van der Waals surface area contributed by atoms with Crippen LogP contribution in [0.2, 0.25) is 0 Å². The van der Waals surface area contributed by atoms with Crippen molar-refractivity contribution in [3.05, 3.63) is 30.1 Å². The van der Waals surface area contributed by atoms with Crippen LogP contribution in [-0.2, 0) is 6.54 Å². The fourth-order valence-electron chi connectivity index (χ4n) is 3.52. The molecule has 0 saturated heterocycles. The standard InChI is InChI=1S/C18H30N2/c1-14(2)15(3)17-7-9-18(10-8-17)20(4)13-16-6-5-11-19-12-16/h5-6,11-12,14-15,17-18H,7-10,13H2,1-4H3/t15?,17-,18+. The Morgan fingerprint density at radius 2 is 1.90 bits per heavy atom. The average Bonchev–Trinajstić information content (AvgIpc) is 2.47. The number of aromatic nitrogens is 1. The second-order valence-electron chi connectivity index (χ2n) is 6.95. The minimum Gasteiger partial charge on any atom is -0.299 e. The maximum atomic E-state index is 4.21. The molecule has 1 aliphatic carbocycles. The summed E-state index contributed by atoms with van der Waals surface area (Å²) in [5.74, 6) is 2.64. The van der Waals surface area contributed by atoms with Gasteiger partial charge in [0.05, 0.1) is 0 Å². The zero-order valence-corrected chi connectivity index (χ0v) is 13.5. The molecule has 0 aromatic carbocycles. The van der Waals surface area contributed by atoms with E-state index in [1.807, 2.05) is 18.5 Å². The van der Waals surface area contributed by atoms with E-state index >= 15 is 0 Å². The molecule has 1 saturated carbocycles. The Hall–Kier alpha value is -0.890. The maximum absolute atomic E-state index is 4.21. The molecule has 1 aromatic rings. The summed E-state index contributed by atoms with van der Waals surface area (Å²) in [6.45, 7) is 8.20. The fraction of sp³-hybridized carbons (Fsp3) is 0.722. The lowest BCUT2D eigenvalue weighted by atomic mass is 9.74. The molecule has 0 radical (unpaired) electrons. The van der Waals surface area contributed by atoms with E-state index in [0.717, 1.165) is 30.3 Å². The van der Waals surface area contributed by atoms with Gasteiger partial charge in [-0.25, -0.2) is 0 Å². The molecule has 0 N–H and O–H groups in total. The Morgan fingerprint density at radius 1 is 1.20 bits per heavy atom. The molecular formula is C18H30N2. The van der Waals surface area contributed by atoms with E-state index in [1.54, 1.807) is 0 Å². The molecule has 1 fully saturated rings. The second-order valence-corrected chi connectivity index (χ2v) is 6.95.